The maximum absolute atomic E-state index is 12.8. The SMILES string of the molecule is C=C.C=C(c1cc(C)ccc1-c1ccnc(C)c1)N1CCN(c2ccc(C(F)(F)F)cc2)CC1.C=O.CC. The third-order valence-electron chi connectivity index (χ3n) is 5.91. The van der Waals surface area contributed by atoms with Gasteiger partial charge in [0.05, 0.1) is 5.56 Å². The van der Waals surface area contributed by atoms with Crippen LogP contribution in [-0.2, 0) is 11.0 Å². The van der Waals surface area contributed by atoms with E-state index in [1.165, 1.54) is 5.56 Å². The number of halogens is 3. The molecular formula is C31H38F3N3O. The average Bonchev–Trinajstić information content (AvgIpc) is 2.95. The van der Waals surface area contributed by atoms with Gasteiger partial charge in [-0.25, -0.2) is 0 Å². The van der Waals surface area contributed by atoms with Gasteiger partial charge in [-0.3, -0.25) is 4.98 Å². The third kappa shape index (κ3) is 8.33. The lowest BCUT2D eigenvalue weighted by Gasteiger charge is -2.38. The molecule has 0 saturated carbocycles. The van der Waals surface area contributed by atoms with E-state index < -0.39 is 11.7 Å². The van der Waals surface area contributed by atoms with Crippen LogP contribution in [0.25, 0.3) is 16.8 Å². The van der Waals surface area contributed by atoms with Crippen molar-refractivity contribution in [2.24, 2.45) is 0 Å². The van der Waals surface area contributed by atoms with Crippen LogP contribution >= 0.6 is 0 Å². The Morgan fingerprint density at radius 2 is 1.45 bits per heavy atom. The van der Waals surface area contributed by atoms with Crippen LogP contribution in [0, 0.1) is 13.8 Å². The predicted octanol–water partition coefficient (Wildman–Crippen LogP) is 7.82. The minimum Gasteiger partial charge on any atom is -0.368 e. The van der Waals surface area contributed by atoms with Gasteiger partial charge in [0, 0.05) is 55.0 Å². The van der Waals surface area contributed by atoms with E-state index in [4.69, 9.17) is 4.79 Å². The molecule has 1 aliphatic heterocycles. The number of hydrogen-bond donors (Lipinski definition) is 0. The molecule has 1 aliphatic rings. The van der Waals surface area contributed by atoms with Crippen LogP contribution < -0.4 is 4.90 Å². The Morgan fingerprint density at radius 3 is 1.97 bits per heavy atom. The number of aryl methyl sites for hydroxylation is 2. The number of anilines is 1. The van der Waals surface area contributed by atoms with E-state index in [9.17, 15) is 13.2 Å². The van der Waals surface area contributed by atoms with Gasteiger partial charge in [0.2, 0.25) is 0 Å². The zero-order valence-corrected chi connectivity index (χ0v) is 22.8. The normalized spacial score (nSPS) is 12.6. The summed E-state index contributed by atoms with van der Waals surface area (Å²) in [7, 11) is 0. The van der Waals surface area contributed by atoms with Crippen LogP contribution in [-0.4, -0.2) is 42.9 Å². The topological polar surface area (TPSA) is 36.4 Å². The first-order valence-electron chi connectivity index (χ1n) is 12.4. The summed E-state index contributed by atoms with van der Waals surface area (Å²) in [4.78, 5) is 16.7. The van der Waals surface area contributed by atoms with E-state index in [0.717, 1.165) is 72.1 Å². The maximum Gasteiger partial charge on any atom is 0.416 e. The lowest BCUT2D eigenvalue weighted by molar-refractivity contribution is -0.137. The Kier molecular flexibility index (Phi) is 13.0. The molecule has 2 aromatic carbocycles. The first kappa shape index (κ1) is 32.2. The number of aromatic nitrogens is 1. The van der Waals surface area contributed by atoms with E-state index in [2.05, 4.69) is 65.7 Å². The van der Waals surface area contributed by atoms with E-state index in [1.54, 1.807) is 12.1 Å². The number of pyridine rings is 1. The fourth-order valence-corrected chi connectivity index (χ4v) is 4.13. The highest BCUT2D eigenvalue weighted by Gasteiger charge is 2.30. The van der Waals surface area contributed by atoms with Crippen molar-refractivity contribution in [2.45, 2.75) is 33.9 Å². The molecule has 204 valence electrons. The number of nitrogens with zero attached hydrogens (tertiary/aromatic N) is 3. The Morgan fingerprint density at radius 1 is 0.868 bits per heavy atom. The van der Waals surface area contributed by atoms with Crippen molar-refractivity contribution in [3.05, 3.63) is 103 Å². The van der Waals surface area contributed by atoms with Crippen molar-refractivity contribution >= 4 is 18.2 Å². The summed E-state index contributed by atoms with van der Waals surface area (Å²) in [6, 6.07) is 15.9. The van der Waals surface area contributed by atoms with Crippen LogP contribution in [0.4, 0.5) is 18.9 Å². The summed E-state index contributed by atoms with van der Waals surface area (Å²) >= 11 is 0. The lowest BCUT2D eigenvalue weighted by atomic mass is 9.95. The molecule has 0 unspecified atom stereocenters. The fourth-order valence-electron chi connectivity index (χ4n) is 4.13. The van der Waals surface area contributed by atoms with Gasteiger partial charge in [0.1, 0.15) is 6.79 Å². The van der Waals surface area contributed by atoms with Crippen LogP contribution in [0.1, 0.15) is 36.2 Å². The van der Waals surface area contributed by atoms with Gasteiger partial charge in [0.15, 0.2) is 0 Å². The second-order valence-electron chi connectivity index (χ2n) is 8.20. The summed E-state index contributed by atoms with van der Waals surface area (Å²) in [6.45, 7) is 23.4. The summed E-state index contributed by atoms with van der Waals surface area (Å²) in [5.74, 6) is 0. The number of hydrogen-bond acceptors (Lipinski definition) is 4. The zero-order chi connectivity index (χ0) is 28.9. The van der Waals surface area contributed by atoms with Gasteiger partial charge in [-0.15, -0.1) is 13.2 Å². The molecule has 1 saturated heterocycles. The molecule has 1 aromatic heterocycles. The second kappa shape index (κ2) is 15.4. The molecule has 0 spiro atoms. The molecule has 0 amide bonds. The van der Waals surface area contributed by atoms with E-state index in [-0.39, 0.29) is 0 Å². The highest BCUT2D eigenvalue weighted by atomic mass is 19.4. The number of carbonyl (C=O) groups is 1. The van der Waals surface area contributed by atoms with E-state index in [0.29, 0.717) is 0 Å². The number of piperazine rings is 1. The van der Waals surface area contributed by atoms with Gasteiger partial charge in [-0.05, 0) is 67.4 Å². The minimum atomic E-state index is -4.31. The molecule has 3 aromatic rings. The van der Waals surface area contributed by atoms with Gasteiger partial charge in [0.25, 0.3) is 0 Å². The van der Waals surface area contributed by atoms with E-state index >= 15 is 0 Å². The summed E-state index contributed by atoms with van der Waals surface area (Å²) < 4.78 is 38.5. The van der Waals surface area contributed by atoms with Gasteiger partial charge >= 0.3 is 6.18 Å². The zero-order valence-electron chi connectivity index (χ0n) is 22.8. The first-order valence-corrected chi connectivity index (χ1v) is 12.4. The number of benzene rings is 2. The lowest BCUT2D eigenvalue weighted by Crippen LogP contribution is -2.45. The maximum atomic E-state index is 12.8. The fraction of sp³-hybridized carbons (Fsp3) is 0.290. The third-order valence-corrected chi connectivity index (χ3v) is 5.91. The minimum absolute atomic E-state index is 0.619. The largest absolute Gasteiger partial charge is 0.416 e. The quantitative estimate of drug-likeness (QED) is 0.325. The van der Waals surface area contributed by atoms with Crippen LogP contribution in [0.3, 0.4) is 0 Å². The Bertz CT molecular complexity index is 1150. The predicted molar refractivity (Wildman–Crippen MR) is 153 cm³/mol. The van der Waals surface area contributed by atoms with Gasteiger partial charge < -0.3 is 14.6 Å². The van der Waals surface area contributed by atoms with Crippen LogP contribution in [0.5, 0.6) is 0 Å². The Labute approximate surface area is 225 Å². The molecule has 1 fully saturated rings. The molecule has 0 aliphatic carbocycles. The molecular weight excluding hydrogens is 487 g/mol. The Hall–Kier alpha value is -3.87. The molecule has 2 heterocycles. The summed E-state index contributed by atoms with van der Waals surface area (Å²) in [5, 5.41) is 0. The number of alkyl halides is 3. The van der Waals surface area contributed by atoms with Crippen LogP contribution in [0.2, 0.25) is 0 Å². The smallest absolute Gasteiger partial charge is 0.368 e. The molecule has 0 atom stereocenters. The molecule has 0 radical (unpaired) electrons. The Balaban J connectivity index is 0.00000112. The van der Waals surface area contributed by atoms with Crippen molar-refractivity contribution in [2.75, 3.05) is 31.1 Å². The molecule has 4 rings (SSSR count). The standard InChI is InChI=1S/C26H26F3N3.C2H6.C2H4.CH2O/c1-18-4-9-24(21-10-11-30-19(2)17-21)25(16-18)20(3)31-12-14-32(15-13-31)23-7-5-22(6-8-23)26(27,28)29;3*1-2/h4-11,16-17H,3,12-15H2,1-2H3;1-2H3;1-2H2;1H2. The number of carbonyl (C=O) groups excluding carboxylic acids is 1. The molecule has 4 nitrogen and oxygen atoms in total. The molecule has 7 heteroatoms. The first-order chi connectivity index (χ1) is 18.2. The monoisotopic (exact) mass is 525 g/mol. The summed E-state index contributed by atoms with van der Waals surface area (Å²) in [6.07, 6.45) is -2.49. The van der Waals surface area contributed by atoms with Crippen molar-refractivity contribution < 1.29 is 18.0 Å². The average molecular weight is 526 g/mol. The molecule has 0 bridgehead atoms. The van der Waals surface area contributed by atoms with Gasteiger partial charge in [-0.2, -0.15) is 13.2 Å². The second-order valence-corrected chi connectivity index (χ2v) is 8.20. The summed E-state index contributed by atoms with van der Waals surface area (Å²) in [5.41, 5.74) is 6.61. The van der Waals surface area contributed by atoms with Crippen molar-refractivity contribution in [1.82, 2.24) is 9.88 Å². The van der Waals surface area contributed by atoms with E-state index in [1.807, 2.05) is 39.8 Å². The van der Waals surface area contributed by atoms with Crippen molar-refractivity contribution in [3.63, 3.8) is 0 Å². The van der Waals surface area contributed by atoms with Crippen molar-refractivity contribution in [3.8, 4) is 11.1 Å². The number of rotatable bonds is 4. The highest BCUT2D eigenvalue weighted by Crippen LogP contribution is 2.33. The van der Waals surface area contributed by atoms with Crippen molar-refractivity contribution in [1.29, 1.82) is 0 Å². The molecule has 0 N–H and O–H groups in total. The molecule has 38 heavy (non-hydrogen) atoms. The van der Waals surface area contributed by atoms with Gasteiger partial charge in [-0.1, -0.05) is 38.1 Å². The highest BCUT2D eigenvalue weighted by molar-refractivity contribution is 5.80. The van der Waals surface area contributed by atoms with Crippen LogP contribution in [0.15, 0.2) is 80.5 Å².